The summed E-state index contributed by atoms with van der Waals surface area (Å²) in [6.07, 6.45) is 0. The van der Waals surface area contributed by atoms with Gasteiger partial charge < -0.3 is 9.47 Å². The zero-order valence-electron chi connectivity index (χ0n) is 10.6. The summed E-state index contributed by atoms with van der Waals surface area (Å²) in [7, 11) is 1.51. The predicted molar refractivity (Wildman–Crippen MR) is 71.1 cm³/mol. The molecule has 1 aromatic heterocycles. The second-order valence-corrected chi connectivity index (χ2v) is 4.12. The molecule has 5 nitrogen and oxygen atoms in total. The van der Waals surface area contributed by atoms with Gasteiger partial charge in [0.25, 0.3) is 0 Å². The highest BCUT2D eigenvalue weighted by molar-refractivity contribution is 6.30. The molecule has 0 bridgehead atoms. The zero-order chi connectivity index (χ0) is 13.8. The van der Waals surface area contributed by atoms with Gasteiger partial charge in [0.2, 0.25) is 5.88 Å². The first kappa shape index (κ1) is 13.4. The van der Waals surface area contributed by atoms with E-state index in [1.807, 2.05) is 0 Å². The Hall–Kier alpha value is -2.01. The fourth-order valence-electron chi connectivity index (χ4n) is 1.58. The monoisotopic (exact) mass is 280 g/mol. The van der Waals surface area contributed by atoms with E-state index >= 15 is 0 Å². The molecule has 0 saturated heterocycles. The average molecular weight is 281 g/mol. The number of methoxy groups -OCH3 is 1. The number of ether oxygens (including phenoxy) is 2. The third kappa shape index (κ3) is 2.88. The van der Waals surface area contributed by atoms with E-state index in [1.54, 1.807) is 31.2 Å². The lowest BCUT2D eigenvalue weighted by atomic mass is 10.3. The van der Waals surface area contributed by atoms with Crippen LogP contribution in [-0.2, 0) is 4.74 Å². The largest absolute Gasteiger partial charge is 0.481 e. The van der Waals surface area contributed by atoms with Gasteiger partial charge in [-0.3, -0.25) is 0 Å². The predicted octanol–water partition coefficient (Wildman–Crippen LogP) is 2.71. The molecule has 1 aromatic carbocycles. The second kappa shape index (κ2) is 5.75. The highest BCUT2D eigenvalue weighted by atomic mass is 35.5. The molecule has 0 aliphatic carbocycles. The Kier molecular flexibility index (Phi) is 4.06. The van der Waals surface area contributed by atoms with Crippen LogP contribution in [0.1, 0.15) is 17.4 Å². The highest BCUT2D eigenvalue weighted by Gasteiger charge is 2.16. The van der Waals surface area contributed by atoms with Crippen molar-refractivity contribution in [2.45, 2.75) is 6.92 Å². The number of esters is 1. The number of hydrogen-bond acceptors (Lipinski definition) is 4. The molecule has 0 aliphatic rings. The molecule has 1 heterocycles. The third-order valence-corrected chi connectivity index (χ3v) is 2.69. The smallest absolute Gasteiger partial charge is 0.358 e. The Morgan fingerprint density at radius 1 is 1.37 bits per heavy atom. The van der Waals surface area contributed by atoms with E-state index in [1.165, 1.54) is 17.9 Å². The maximum absolute atomic E-state index is 11.6. The van der Waals surface area contributed by atoms with Crippen LogP contribution >= 0.6 is 11.6 Å². The van der Waals surface area contributed by atoms with Gasteiger partial charge in [-0.1, -0.05) is 11.6 Å². The highest BCUT2D eigenvalue weighted by Crippen LogP contribution is 2.21. The van der Waals surface area contributed by atoms with Crippen LogP contribution in [0.3, 0.4) is 0 Å². The molecular weight excluding hydrogens is 268 g/mol. The third-order valence-electron chi connectivity index (χ3n) is 2.44. The van der Waals surface area contributed by atoms with Crippen LogP contribution < -0.4 is 4.74 Å². The van der Waals surface area contributed by atoms with Gasteiger partial charge in [-0.25, -0.2) is 9.48 Å². The van der Waals surface area contributed by atoms with Gasteiger partial charge in [0.05, 0.1) is 19.4 Å². The molecule has 0 saturated carbocycles. The van der Waals surface area contributed by atoms with E-state index in [9.17, 15) is 4.79 Å². The number of halogens is 1. The molecule has 0 aliphatic heterocycles. The molecule has 100 valence electrons. The number of nitrogens with zero attached hydrogens (tertiary/aromatic N) is 2. The summed E-state index contributed by atoms with van der Waals surface area (Å²) in [5.41, 5.74) is 0.949. The lowest BCUT2D eigenvalue weighted by Crippen LogP contribution is -2.06. The zero-order valence-corrected chi connectivity index (χ0v) is 11.3. The summed E-state index contributed by atoms with van der Waals surface area (Å²) in [5.74, 6) is -0.0288. The van der Waals surface area contributed by atoms with E-state index in [0.717, 1.165) is 5.69 Å². The lowest BCUT2D eigenvalue weighted by Gasteiger charge is -2.05. The van der Waals surface area contributed by atoms with E-state index in [-0.39, 0.29) is 5.69 Å². The van der Waals surface area contributed by atoms with Gasteiger partial charge in [-0.05, 0) is 31.2 Å². The van der Waals surface area contributed by atoms with Crippen molar-refractivity contribution in [3.63, 3.8) is 0 Å². The lowest BCUT2D eigenvalue weighted by molar-refractivity contribution is 0.0519. The van der Waals surface area contributed by atoms with Crippen molar-refractivity contribution < 1.29 is 14.3 Å². The van der Waals surface area contributed by atoms with Crippen LogP contribution in [0.25, 0.3) is 5.69 Å². The van der Waals surface area contributed by atoms with E-state index < -0.39 is 5.97 Å². The summed E-state index contributed by atoms with van der Waals surface area (Å²) >= 11 is 5.83. The van der Waals surface area contributed by atoms with Gasteiger partial charge in [-0.2, -0.15) is 5.10 Å². The van der Waals surface area contributed by atoms with Gasteiger partial charge in [0, 0.05) is 11.1 Å². The first-order chi connectivity index (χ1) is 9.15. The van der Waals surface area contributed by atoms with Crippen LogP contribution in [0.15, 0.2) is 30.3 Å². The van der Waals surface area contributed by atoms with Gasteiger partial charge in [0.1, 0.15) is 0 Å². The fraction of sp³-hybridized carbons (Fsp3) is 0.231. The molecule has 0 unspecified atom stereocenters. The summed E-state index contributed by atoms with van der Waals surface area (Å²) in [5, 5.41) is 4.80. The summed E-state index contributed by atoms with van der Waals surface area (Å²) < 4.78 is 11.6. The van der Waals surface area contributed by atoms with Crippen molar-refractivity contribution in [2.24, 2.45) is 0 Å². The normalized spacial score (nSPS) is 10.3. The van der Waals surface area contributed by atoms with Crippen LogP contribution in [0, 0.1) is 0 Å². The Bertz CT molecular complexity index is 578. The molecular formula is C13H13ClN2O3. The molecule has 0 N–H and O–H groups in total. The van der Waals surface area contributed by atoms with Crippen molar-refractivity contribution in [2.75, 3.05) is 13.7 Å². The van der Waals surface area contributed by atoms with Crippen LogP contribution in [-0.4, -0.2) is 29.5 Å². The molecule has 0 radical (unpaired) electrons. The first-order valence-electron chi connectivity index (χ1n) is 5.72. The Morgan fingerprint density at radius 2 is 2.05 bits per heavy atom. The molecule has 0 atom stereocenters. The molecule has 0 spiro atoms. The van der Waals surface area contributed by atoms with Crippen LogP contribution in [0.5, 0.6) is 5.88 Å². The fourth-order valence-corrected chi connectivity index (χ4v) is 1.71. The van der Waals surface area contributed by atoms with Gasteiger partial charge in [0.15, 0.2) is 5.69 Å². The number of benzene rings is 1. The van der Waals surface area contributed by atoms with Crippen molar-refractivity contribution in [1.29, 1.82) is 0 Å². The maximum atomic E-state index is 11.6. The molecule has 0 fully saturated rings. The number of carbonyl (C=O) groups is 1. The molecule has 6 heteroatoms. The summed E-state index contributed by atoms with van der Waals surface area (Å²) in [4.78, 5) is 11.6. The molecule has 0 amide bonds. The van der Waals surface area contributed by atoms with Crippen LogP contribution in [0.2, 0.25) is 5.02 Å². The van der Waals surface area contributed by atoms with Crippen molar-refractivity contribution in [1.82, 2.24) is 9.78 Å². The molecule has 19 heavy (non-hydrogen) atoms. The maximum Gasteiger partial charge on any atom is 0.358 e. The standard InChI is InChI=1S/C13H13ClN2O3/c1-3-19-13(17)11-8-12(18-2)16(15-11)10-6-4-9(14)5-7-10/h4-8H,3H2,1-2H3. The molecule has 2 rings (SSSR count). The second-order valence-electron chi connectivity index (χ2n) is 3.68. The van der Waals surface area contributed by atoms with E-state index in [0.29, 0.717) is 17.5 Å². The molecule has 2 aromatic rings. The minimum absolute atomic E-state index is 0.202. The average Bonchev–Trinajstić information content (AvgIpc) is 2.84. The van der Waals surface area contributed by atoms with Crippen molar-refractivity contribution in [3.8, 4) is 11.6 Å². The minimum atomic E-state index is -0.478. The Morgan fingerprint density at radius 3 is 2.63 bits per heavy atom. The van der Waals surface area contributed by atoms with Crippen molar-refractivity contribution >= 4 is 17.6 Å². The van der Waals surface area contributed by atoms with Crippen LogP contribution in [0.4, 0.5) is 0 Å². The van der Waals surface area contributed by atoms with E-state index in [2.05, 4.69) is 5.10 Å². The summed E-state index contributed by atoms with van der Waals surface area (Å²) in [6.45, 7) is 2.04. The topological polar surface area (TPSA) is 53.4 Å². The first-order valence-corrected chi connectivity index (χ1v) is 6.10. The number of hydrogen-bond donors (Lipinski definition) is 0. The SMILES string of the molecule is CCOC(=O)c1cc(OC)n(-c2ccc(Cl)cc2)n1. The Labute approximate surface area is 115 Å². The Balaban J connectivity index is 2.39. The number of aromatic nitrogens is 2. The quantitative estimate of drug-likeness (QED) is 0.808. The number of carbonyl (C=O) groups excluding carboxylic acids is 1. The summed E-state index contributed by atoms with van der Waals surface area (Å²) in [6, 6.07) is 8.58. The minimum Gasteiger partial charge on any atom is -0.481 e. The van der Waals surface area contributed by atoms with Gasteiger partial charge in [-0.15, -0.1) is 0 Å². The van der Waals surface area contributed by atoms with E-state index in [4.69, 9.17) is 21.1 Å². The number of rotatable bonds is 4. The van der Waals surface area contributed by atoms with Gasteiger partial charge >= 0.3 is 5.97 Å². The van der Waals surface area contributed by atoms with Crippen molar-refractivity contribution in [3.05, 3.63) is 41.0 Å².